The highest BCUT2D eigenvalue weighted by molar-refractivity contribution is 6.09. The van der Waals surface area contributed by atoms with Gasteiger partial charge in [-0.25, -0.2) is 0 Å². The minimum absolute atomic E-state index is 0.00361. The molecular weight excluding hydrogens is 817 g/mol. The molecule has 6 aromatic carbocycles. The van der Waals surface area contributed by atoms with Crippen molar-refractivity contribution < 1.29 is 0 Å². The molecule has 6 aromatic rings. The third kappa shape index (κ3) is 10.9. The number of hydrogen-bond acceptors (Lipinski definition) is 0. The second kappa shape index (κ2) is 17.6. The van der Waals surface area contributed by atoms with Crippen LogP contribution in [0, 0.1) is 0 Å². The van der Waals surface area contributed by atoms with Crippen LogP contribution in [0.2, 0.25) is 0 Å². The van der Waals surface area contributed by atoms with Crippen LogP contribution < -0.4 is 0 Å². The van der Waals surface area contributed by atoms with Gasteiger partial charge in [-0.05, 0) is 150 Å². The second-order valence-corrected chi connectivity index (χ2v) is 28.5. The molecule has 0 heterocycles. The summed E-state index contributed by atoms with van der Waals surface area (Å²) >= 11 is 0. The van der Waals surface area contributed by atoms with Crippen LogP contribution in [0.3, 0.4) is 0 Å². The van der Waals surface area contributed by atoms with E-state index in [4.69, 9.17) is 0 Å². The molecule has 0 aliphatic heterocycles. The molecule has 0 nitrogen and oxygen atoms in total. The highest BCUT2D eigenvalue weighted by Crippen LogP contribution is 2.56. The summed E-state index contributed by atoms with van der Waals surface area (Å²) in [6.45, 7) is 57.1. The third-order valence-electron chi connectivity index (χ3n) is 14.3. The van der Waals surface area contributed by atoms with Gasteiger partial charge in [0, 0.05) is 0 Å². The minimum atomic E-state index is -0.170. The molecular formula is C68H90. The van der Waals surface area contributed by atoms with E-state index in [0.29, 0.717) is 0 Å². The van der Waals surface area contributed by atoms with Gasteiger partial charge >= 0.3 is 0 Å². The second-order valence-electron chi connectivity index (χ2n) is 28.5. The van der Waals surface area contributed by atoms with E-state index >= 15 is 0 Å². The zero-order valence-corrected chi connectivity index (χ0v) is 47.4. The van der Waals surface area contributed by atoms with Crippen LogP contribution in [0.25, 0.3) is 55.6 Å². The molecule has 362 valence electrons. The van der Waals surface area contributed by atoms with Gasteiger partial charge < -0.3 is 0 Å². The lowest BCUT2D eigenvalue weighted by Crippen LogP contribution is -2.20. The maximum absolute atomic E-state index is 2.63. The first-order chi connectivity index (χ1) is 30.8. The van der Waals surface area contributed by atoms with Crippen LogP contribution in [0.4, 0.5) is 0 Å². The van der Waals surface area contributed by atoms with Gasteiger partial charge in [0.1, 0.15) is 0 Å². The van der Waals surface area contributed by atoms with E-state index < -0.39 is 0 Å². The maximum Gasteiger partial charge on any atom is -0.00112 e. The van der Waals surface area contributed by atoms with E-state index in [1.165, 1.54) is 100 Å². The molecule has 0 aliphatic rings. The van der Waals surface area contributed by atoms with E-state index in [0.717, 1.165) is 0 Å². The molecule has 0 N–H and O–H groups in total. The topological polar surface area (TPSA) is 0 Å². The van der Waals surface area contributed by atoms with Crippen molar-refractivity contribution in [2.45, 2.75) is 209 Å². The van der Waals surface area contributed by atoms with Gasteiger partial charge in [-0.15, -0.1) is 0 Å². The molecule has 0 unspecified atom stereocenters. The average Bonchev–Trinajstić information content (AvgIpc) is 3.19. The molecule has 0 radical (unpaired) electrons. The summed E-state index contributed by atoms with van der Waals surface area (Å²) in [6.07, 6.45) is 0. The lowest BCUT2D eigenvalue weighted by Gasteiger charge is -2.35. The van der Waals surface area contributed by atoms with Crippen LogP contribution in [0.1, 0.15) is 211 Å². The van der Waals surface area contributed by atoms with Gasteiger partial charge in [0.05, 0.1) is 0 Å². The predicted molar refractivity (Wildman–Crippen MR) is 303 cm³/mol. The molecule has 0 aliphatic carbocycles. The quantitative estimate of drug-likeness (QED) is 0.162. The van der Waals surface area contributed by atoms with Gasteiger partial charge in [-0.2, -0.15) is 0 Å². The van der Waals surface area contributed by atoms with Crippen LogP contribution in [-0.4, -0.2) is 0 Å². The average molecular weight is 907 g/mol. The maximum atomic E-state index is 2.63. The zero-order chi connectivity index (χ0) is 51.1. The SMILES string of the molecule is CC(C)(C)c1ccc(-c2cc(-c3ccc(C(C)(C)C)cc3C(C)(C)C)c(-c3ccc(C(C)(C)C)cc3C(C)(C)C)c(-c3ccc(C(C)(C)C)cc3C(C)(C)C)c2-c2ccccc2)c(C(C)(C)C)c1. The monoisotopic (exact) mass is 907 g/mol. The number of hydrogen-bond donors (Lipinski definition) is 0. The molecule has 0 atom stereocenters. The van der Waals surface area contributed by atoms with Crippen molar-refractivity contribution in [1.82, 2.24) is 0 Å². The standard InChI is InChI=1S/C68H90/c1-61(2,3)44-30-34-48(54(38-44)65(13,14)15)52-42-53(49-35-31-45(62(4,5)6)39-55(49)66(16,17)18)59(50-36-32-46(63(7,8)9)40-56(50)67(19,20)21)60(58(52)43-28-26-25-27-29-43)51-37-33-47(64(10,11)12)41-57(51)68(22,23)24/h25-42H,1-24H3. The van der Waals surface area contributed by atoms with Crippen molar-refractivity contribution in [3.63, 3.8) is 0 Å². The Morgan fingerprint density at radius 2 is 0.471 bits per heavy atom. The zero-order valence-electron chi connectivity index (χ0n) is 47.4. The first-order valence-electron chi connectivity index (χ1n) is 25.7. The smallest absolute Gasteiger partial charge is 0.00112 e. The molecule has 0 aromatic heterocycles. The molecule has 6 rings (SSSR count). The van der Waals surface area contributed by atoms with Crippen molar-refractivity contribution in [2.75, 3.05) is 0 Å². The van der Waals surface area contributed by atoms with Crippen molar-refractivity contribution in [1.29, 1.82) is 0 Å². The van der Waals surface area contributed by atoms with Crippen molar-refractivity contribution in [3.05, 3.63) is 154 Å². The first kappa shape index (κ1) is 52.7. The summed E-state index contributed by atoms with van der Waals surface area (Å²) in [5.74, 6) is 0. The fraction of sp³-hybridized carbons (Fsp3) is 0.471. The van der Waals surface area contributed by atoms with Crippen LogP contribution in [0.5, 0.6) is 0 Å². The van der Waals surface area contributed by atoms with Gasteiger partial charge in [0.15, 0.2) is 0 Å². The molecule has 0 spiro atoms. The van der Waals surface area contributed by atoms with E-state index in [1.807, 2.05) is 0 Å². The number of rotatable bonds is 5. The summed E-state index contributed by atoms with van der Waals surface area (Å²) in [5, 5.41) is 0. The Morgan fingerprint density at radius 3 is 0.765 bits per heavy atom. The lowest BCUT2D eigenvalue weighted by atomic mass is 9.69. The van der Waals surface area contributed by atoms with Gasteiger partial charge in [0.2, 0.25) is 0 Å². The largest absolute Gasteiger partial charge is 0.0622 e. The van der Waals surface area contributed by atoms with E-state index in [9.17, 15) is 0 Å². The lowest BCUT2D eigenvalue weighted by molar-refractivity contribution is 0.568. The third-order valence-corrected chi connectivity index (χ3v) is 14.3. The van der Waals surface area contributed by atoms with Crippen molar-refractivity contribution in [3.8, 4) is 55.6 Å². The van der Waals surface area contributed by atoms with Crippen LogP contribution in [-0.2, 0) is 43.3 Å². The molecule has 0 saturated carbocycles. The number of benzene rings is 6. The van der Waals surface area contributed by atoms with E-state index in [-0.39, 0.29) is 43.3 Å². The summed E-state index contributed by atoms with van der Waals surface area (Å²) in [4.78, 5) is 0. The van der Waals surface area contributed by atoms with Gasteiger partial charge in [0.25, 0.3) is 0 Å². The normalized spacial score (nSPS) is 13.6. The predicted octanol–water partition coefficient (Wildman–Crippen LogP) is 20.4. The summed E-state index contributed by atoms with van der Waals surface area (Å²) in [7, 11) is 0. The van der Waals surface area contributed by atoms with Crippen molar-refractivity contribution in [2.24, 2.45) is 0 Å². The van der Waals surface area contributed by atoms with Crippen LogP contribution in [0.15, 0.2) is 109 Å². The Morgan fingerprint density at radius 1 is 0.206 bits per heavy atom. The Bertz CT molecular complexity index is 2800. The van der Waals surface area contributed by atoms with Gasteiger partial charge in [-0.1, -0.05) is 269 Å². The van der Waals surface area contributed by atoms with E-state index in [1.54, 1.807) is 0 Å². The minimum Gasteiger partial charge on any atom is -0.0622 e. The highest BCUT2D eigenvalue weighted by Gasteiger charge is 2.35. The summed E-state index contributed by atoms with van der Waals surface area (Å²) < 4.78 is 0. The highest BCUT2D eigenvalue weighted by atomic mass is 14.4. The Labute approximate surface area is 416 Å². The molecule has 0 bridgehead atoms. The van der Waals surface area contributed by atoms with Crippen LogP contribution >= 0.6 is 0 Å². The molecule has 0 amide bonds. The fourth-order valence-corrected chi connectivity index (χ4v) is 9.99. The van der Waals surface area contributed by atoms with E-state index in [2.05, 4.69) is 275 Å². The molecule has 0 saturated heterocycles. The Hall–Kier alpha value is -4.68. The molecule has 0 heteroatoms. The Kier molecular flexibility index (Phi) is 13.7. The molecule has 0 fully saturated rings. The fourth-order valence-electron chi connectivity index (χ4n) is 9.99. The first-order valence-corrected chi connectivity index (χ1v) is 25.7. The summed E-state index contributed by atoms with van der Waals surface area (Å²) in [6, 6.07) is 43.8. The Balaban J connectivity index is 2.10. The summed E-state index contributed by atoms with van der Waals surface area (Å²) in [5.41, 5.74) is 23.1. The molecule has 68 heavy (non-hydrogen) atoms. The van der Waals surface area contributed by atoms with Gasteiger partial charge in [-0.3, -0.25) is 0 Å². The van der Waals surface area contributed by atoms with Crippen molar-refractivity contribution >= 4 is 0 Å².